The summed E-state index contributed by atoms with van der Waals surface area (Å²) in [5, 5.41) is 6.28. The fourth-order valence-corrected chi connectivity index (χ4v) is 2.52. The summed E-state index contributed by atoms with van der Waals surface area (Å²) in [5.41, 5.74) is 0. The van der Waals surface area contributed by atoms with Crippen LogP contribution in [0.4, 0.5) is 0 Å². The Morgan fingerprint density at radius 3 is 2.75 bits per heavy atom. The molecule has 5 heteroatoms. The van der Waals surface area contributed by atoms with Gasteiger partial charge in [0, 0.05) is 32.8 Å². The number of carbonyl (C=O) groups is 1. The second kappa shape index (κ2) is 9.32. The maximum atomic E-state index is 11.9. The number of likely N-dealkylation sites (tertiary alicyclic amines) is 1. The molecule has 0 radical (unpaired) electrons. The van der Waals surface area contributed by atoms with Gasteiger partial charge in [0.2, 0.25) is 5.91 Å². The predicted molar refractivity (Wildman–Crippen MR) is 81.8 cm³/mol. The molecule has 1 fully saturated rings. The van der Waals surface area contributed by atoms with Gasteiger partial charge in [-0.15, -0.1) is 0 Å². The van der Waals surface area contributed by atoms with Crippen LogP contribution in [-0.4, -0.2) is 62.8 Å². The van der Waals surface area contributed by atoms with Crippen molar-refractivity contribution >= 4 is 5.91 Å². The Bertz CT molecular complexity index is 284. The van der Waals surface area contributed by atoms with Crippen molar-refractivity contribution in [1.82, 2.24) is 15.5 Å². The minimum absolute atomic E-state index is 0.0832. The molecule has 5 nitrogen and oxygen atoms in total. The Morgan fingerprint density at radius 1 is 1.40 bits per heavy atom. The molecule has 2 N–H and O–H groups in total. The van der Waals surface area contributed by atoms with Crippen LogP contribution >= 0.6 is 0 Å². The highest BCUT2D eigenvalue weighted by Crippen LogP contribution is 2.17. The van der Waals surface area contributed by atoms with Crippen LogP contribution < -0.4 is 10.6 Å². The fourth-order valence-electron chi connectivity index (χ4n) is 2.52. The Hall–Kier alpha value is -0.650. The highest BCUT2D eigenvalue weighted by Gasteiger charge is 2.24. The molecule has 1 aliphatic rings. The number of rotatable bonds is 9. The maximum absolute atomic E-state index is 11.9. The van der Waals surface area contributed by atoms with Gasteiger partial charge in [-0.25, -0.2) is 0 Å². The van der Waals surface area contributed by atoms with Gasteiger partial charge in [0.15, 0.2) is 0 Å². The van der Waals surface area contributed by atoms with E-state index in [2.05, 4.69) is 29.4 Å². The van der Waals surface area contributed by atoms with Gasteiger partial charge < -0.3 is 20.3 Å². The first-order valence-electron chi connectivity index (χ1n) is 7.78. The molecule has 0 aromatic carbocycles. The Labute approximate surface area is 123 Å². The summed E-state index contributed by atoms with van der Waals surface area (Å²) in [7, 11) is 1.67. The smallest absolute Gasteiger partial charge is 0.236 e. The van der Waals surface area contributed by atoms with E-state index in [9.17, 15) is 4.79 Å². The molecule has 0 aliphatic carbocycles. The Morgan fingerprint density at radius 2 is 2.15 bits per heavy atom. The van der Waals surface area contributed by atoms with E-state index < -0.39 is 0 Å². The van der Waals surface area contributed by atoms with E-state index >= 15 is 0 Å². The summed E-state index contributed by atoms with van der Waals surface area (Å²) in [6.07, 6.45) is 2.09. The normalized spacial score (nSPS) is 21.4. The zero-order valence-electron chi connectivity index (χ0n) is 13.4. The standard InChI is InChI=1S/C15H31N3O2/c1-12(2)18-8-6-14(11-18)10-17-13(3)15(19)16-7-5-9-20-4/h12-14,17H,5-11H2,1-4H3,(H,16,19). The van der Waals surface area contributed by atoms with E-state index in [0.717, 1.165) is 19.5 Å². The van der Waals surface area contributed by atoms with Gasteiger partial charge in [0.05, 0.1) is 6.04 Å². The van der Waals surface area contributed by atoms with Crippen molar-refractivity contribution in [2.45, 2.75) is 45.7 Å². The van der Waals surface area contributed by atoms with Crippen LogP contribution in [-0.2, 0) is 9.53 Å². The number of hydrogen-bond donors (Lipinski definition) is 2. The highest BCUT2D eigenvalue weighted by molar-refractivity contribution is 5.81. The van der Waals surface area contributed by atoms with E-state index in [4.69, 9.17) is 4.74 Å². The molecule has 2 atom stereocenters. The number of nitrogens with one attached hydrogen (secondary N) is 2. The van der Waals surface area contributed by atoms with Crippen LogP contribution in [0.5, 0.6) is 0 Å². The van der Waals surface area contributed by atoms with Crippen LogP contribution in [0.2, 0.25) is 0 Å². The number of carbonyl (C=O) groups excluding carboxylic acids is 1. The maximum Gasteiger partial charge on any atom is 0.236 e. The lowest BCUT2D eigenvalue weighted by Crippen LogP contribution is -2.44. The minimum atomic E-state index is -0.120. The summed E-state index contributed by atoms with van der Waals surface area (Å²) < 4.78 is 4.96. The molecule has 0 aromatic heterocycles. The molecule has 0 aromatic rings. The SMILES string of the molecule is COCCCNC(=O)C(C)NCC1CCN(C(C)C)C1. The molecule has 20 heavy (non-hydrogen) atoms. The molecule has 118 valence electrons. The van der Waals surface area contributed by atoms with Gasteiger partial charge in [-0.2, -0.15) is 0 Å². The summed E-state index contributed by atoms with van der Waals surface area (Å²) in [4.78, 5) is 14.4. The predicted octanol–water partition coefficient (Wildman–Crippen LogP) is 0.848. The molecular formula is C15H31N3O2. The number of ether oxygens (including phenoxy) is 1. The number of hydrogen-bond acceptors (Lipinski definition) is 4. The van der Waals surface area contributed by atoms with Gasteiger partial charge in [-0.05, 0) is 52.6 Å². The van der Waals surface area contributed by atoms with Gasteiger partial charge >= 0.3 is 0 Å². The average molecular weight is 285 g/mol. The zero-order valence-corrected chi connectivity index (χ0v) is 13.4. The third kappa shape index (κ3) is 6.20. The van der Waals surface area contributed by atoms with Crippen molar-refractivity contribution in [2.24, 2.45) is 5.92 Å². The molecule has 1 aliphatic heterocycles. The average Bonchev–Trinajstić information content (AvgIpc) is 2.89. The van der Waals surface area contributed by atoms with E-state index in [1.165, 1.54) is 13.0 Å². The molecular weight excluding hydrogens is 254 g/mol. The van der Waals surface area contributed by atoms with E-state index in [0.29, 0.717) is 25.1 Å². The first-order chi connectivity index (χ1) is 9.54. The van der Waals surface area contributed by atoms with Crippen molar-refractivity contribution in [2.75, 3.05) is 39.9 Å². The van der Waals surface area contributed by atoms with Crippen LogP contribution in [0, 0.1) is 5.92 Å². The van der Waals surface area contributed by atoms with Crippen molar-refractivity contribution in [3.05, 3.63) is 0 Å². The van der Waals surface area contributed by atoms with Crippen molar-refractivity contribution in [3.8, 4) is 0 Å². The molecule has 0 bridgehead atoms. The number of methoxy groups -OCH3 is 1. The largest absolute Gasteiger partial charge is 0.385 e. The number of nitrogens with zero attached hydrogens (tertiary/aromatic N) is 1. The molecule has 1 heterocycles. The number of amides is 1. The third-order valence-electron chi connectivity index (χ3n) is 3.98. The molecule has 1 saturated heterocycles. The van der Waals surface area contributed by atoms with Crippen molar-refractivity contribution < 1.29 is 9.53 Å². The first kappa shape index (κ1) is 17.4. The quantitative estimate of drug-likeness (QED) is 0.617. The Kier molecular flexibility index (Phi) is 8.11. The fraction of sp³-hybridized carbons (Fsp3) is 0.933. The molecule has 1 amide bonds. The second-order valence-electron chi connectivity index (χ2n) is 6.01. The highest BCUT2D eigenvalue weighted by atomic mass is 16.5. The molecule has 2 unspecified atom stereocenters. The van der Waals surface area contributed by atoms with Crippen molar-refractivity contribution in [1.29, 1.82) is 0 Å². The molecule has 0 spiro atoms. The van der Waals surface area contributed by atoms with E-state index in [-0.39, 0.29) is 11.9 Å². The summed E-state index contributed by atoms with van der Waals surface area (Å²) >= 11 is 0. The van der Waals surface area contributed by atoms with Gasteiger partial charge in [0.25, 0.3) is 0 Å². The molecule has 1 rings (SSSR count). The van der Waals surface area contributed by atoms with Gasteiger partial charge in [-0.1, -0.05) is 0 Å². The van der Waals surface area contributed by atoms with Crippen LogP contribution in [0.3, 0.4) is 0 Å². The lowest BCUT2D eigenvalue weighted by atomic mass is 10.1. The van der Waals surface area contributed by atoms with Crippen LogP contribution in [0.15, 0.2) is 0 Å². The third-order valence-corrected chi connectivity index (χ3v) is 3.98. The molecule has 0 saturated carbocycles. The Balaban J connectivity index is 2.13. The summed E-state index contributed by atoms with van der Waals surface area (Å²) in [5.74, 6) is 0.751. The first-order valence-corrected chi connectivity index (χ1v) is 7.78. The van der Waals surface area contributed by atoms with Crippen LogP contribution in [0.25, 0.3) is 0 Å². The van der Waals surface area contributed by atoms with E-state index in [1.807, 2.05) is 6.92 Å². The zero-order chi connectivity index (χ0) is 15.0. The monoisotopic (exact) mass is 285 g/mol. The van der Waals surface area contributed by atoms with Crippen LogP contribution in [0.1, 0.15) is 33.6 Å². The summed E-state index contributed by atoms with van der Waals surface area (Å²) in [6, 6.07) is 0.507. The van der Waals surface area contributed by atoms with Gasteiger partial charge in [0.1, 0.15) is 0 Å². The topological polar surface area (TPSA) is 53.6 Å². The summed E-state index contributed by atoms with van der Waals surface area (Å²) in [6.45, 7) is 11.0. The van der Waals surface area contributed by atoms with E-state index in [1.54, 1.807) is 7.11 Å². The lowest BCUT2D eigenvalue weighted by molar-refractivity contribution is -0.122. The minimum Gasteiger partial charge on any atom is -0.385 e. The lowest BCUT2D eigenvalue weighted by Gasteiger charge is -2.21. The van der Waals surface area contributed by atoms with Gasteiger partial charge in [-0.3, -0.25) is 4.79 Å². The van der Waals surface area contributed by atoms with Crippen molar-refractivity contribution in [3.63, 3.8) is 0 Å². The second-order valence-corrected chi connectivity index (χ2v) is 6.01.